The lowest BCUT2D eigenvalue weighted by Gasteiger charge is -2.09. The van der Waals surface area contributed by atoms with Gasteiger partial charge in [0.1, 0.15) is 5.82 Å². The first-order chi connectivity index (χ1) is 9.62. The van der Waals surface area contributed by atoms with E-state index in [0.29, 0.717) is 29.8 Å². The molecule has 2 aromatic rings. The second-order valence-corrected chi connectivity index (χ2v) is 4.04. The van der Waals surface area contributed by atoms with Crippen molar-refractivity contribution in [2.24, 2.45) is 0 Å². The van der Waals surface area contributed by atoms with E-state index in [4.69, 9.17) is 4.74 Å². The van der Waals surface area contributed by atoms with Crippen LogP contribution in [0.3, 0.4) is 0 Å². The number of benzene rings is 1. The fourth-order valence-corrected chi connectivity index (χ4v) is 1.57. The van der Waals surface area contributed by atoms with Crippen molar-refractivity contribution >= 4 is 17.6 Å². The lowest BCUT2D eigenvalue weighted by Crippen LogP contribution is -2.07. The Morgan fingerprint density at radius 3 is 2.60 bits per heavy atom. The number of ether oxygens (including phenoxy) is 1. The smallest absolute Gasteiger partial charge is 0.323 e. The summed E-state index contributed by atoms with van der Waals surface area (Å²) in [5, 5.41) is 5.83. The molecule has 6 nitrogen and oxygen atoms in total. The summed E-state index contributed by atoms with van der Waals surface area (Å²) in [4.78, 5) is 12.4. The molecule has 0 atom stereocenters. The predicted octanol–water partition coefficient (Wildman–Crippen LogP) is 2.50. The van der Waals surface area contributed by atoms with Gasteiger partial charge < -0.3 is 15.4 Å². The van der Waals surface area contributed by atoms with Gasteiger partial charge in [-0.2, -0.15) is 15.0 Å². The van der Waals surface area contributed by atoms with Crippen molar-refractivity contribution in [1.82, 2.24) is 15.0 Å². The van der Waals surface area contributed by atoms with Crippen LogP contribution in [0, 0.1) is 12.7 Å². The van der Waals surface area contributed by atoms with Crippen LogP contribution < -0.4 is 15.4 Å². The van der Waals surface area contributed by atoms with Gasteiger partial charge in [0.2, 0.25) is 11.9 Å². The summed E-state index contributed by atoms with van der Waals surface area (Å²) in [5.74, 6) is 0.473. The zero-order valence-electron chi connectivity index (χ0n) is 11.6. The van der Waals surface area contributed by atoms with Gasteiger partial charge in [-0.3, -0.25) is 0 Å². The molecule has 0 saturated heterocycles. The third kappa shape index (κ3) is 3.31. The van der Waals surface area contributed by atoms with Crippen molar-refractivity contribution in [2.45, 2.75) is 13.8 Å². The van der Waals surface area contributed by atoms with E-state index < -0.39 is 0 Å². The van der Waals surface area contributed by atoms with Crippen molar-refractivity contribution in [3.8, 4) is 6.01 Å². The Labute approximate surface area is 116 Å². The third-order valence-corrected chi connectivity index (χ3v) is 2.53. The van der Waals surface area contributed by atoms with Crippen LogP contribution in [0.5, 0.6) is 6.01 Å². The molecule has 0 saturated carbocycles. The topological polar surface area (TPSA) is 72.0 Å². The molecule has 0 aliphatic rings. The quantitative estimate of drug-likeness (QED) is 0.875. The van der Waals surface area contributed by atoms with Crippen LogP contribution >= 0.6 is 0 Å². The standard InChI is InChI=1S/C13H16FN5O/c1-4-20-13-18-11(15-3)17-12(19-13)16-9-5-6-10(14)8(2)7-9/h5-7H,4H2,1-3H3,(H2,15,16,17,18,19). The van der Waals surface area contributed by atoms with Gasteiger partial charge in [-0.25, -0.2) is 4.39 Å². The molecule has 2 N–H and O–H groups in total. The van der Waals surface area contributed by atoms with Gasteiger partial charge in [-0.15, -0.1) is 0 Å². The van der Waals surface area contributed by atoms with Crippen LogP contribution in [-0.4, -0.2) is 28.6 Å². The summed E-state index contributed by atoms with van der Waals surface area (Å²) >= 11 is 0. The molecule has 1 aromatic heterocycles. The van der Waals surface area contributed by atoms with E-state index in [2.05, 4.69) is 25.6 Å². The van der Waals surface area contributed by atoms with E-state index in [9.17, 15) is 4.39 Å². The minimum Gasteiger partial charge on any atom is -0.464 e. The number of hydrogen-bond acceptors (Lipinski definition) is 6. The minimum atomic E-state index is -0.253. The molecule has 0 fully saturated rings. The summed E-state index contributed by atoms with van der Waals surface area (Å²) in [6, 6.07) is 4.92. The summed E-state index contributed by atoms with van der Waals surface area (Å²) in [5.41, 5.74) is 1.24. The lowest BCUT2D eigenvalue weighted by molar-refractivity contribution is 0.312. The average Bonchev–Trinajstić information content (AvgIpc) is 2.43. The number of rotatable bonds is 5. The van der Waals surface area contributed by atoms with E-state index in [1.807, 2.05) is 6.92 Å². The number of anilines is 3. The fourth-order valence-electron chi connectivity index (χ4n) is 1.57. The van der Waals surface area contributed by atoms with Crippen molar-refractivity contribution in [2.75, 3.05) is 24.3 Å². The van der Waals surface area contributed by atoms with Gasteiger partial charge in [0.05, 0.1) is 6.61 Å². The van der Waals surface area contributed by atoms with Gasteiger partial charge in [-0.05, 0) is 37.6 Å². The summed E-state index contributed by atoms with van der Waals surface area (Å²) in [6.07, 6.45) is 0. The highest BCUT2D eigenvalue weighted by Gasteiger charge is 2.07. The number of nitrogens with zero attached hydrogens (tertiary/aromatic N) is 3. The largest absolute Gasteiger partial charge is 0.464 e. The van der Waals surface area contributed by atoms with Crippen LogP contribution in [0.2, 0.25) is 0 Å². The molecule has 2 rings (SSSR count). The second kappa shape index (κ2) is 6.14. The van der Waals surface area contributed by atoms with Crippen LogP contribution in [0.1, 0.15) is 12.5 Å². The predicted molar refractivity (Wildman–Crippen MR) is 75.0 cm³/mol. The Kier molecular flexibility index (Phi) is 4.29. The molecule has 7 heteroatoms. The van der Waals surface area contributed by atoms with Crippen LogP contribution in [-0.2, 0) is 0 Å². The normalized spacial score (nSPS) is 10.2. The first-order valence-corrected chi connectivity index (χ1v) is 6.22. The number of aromatic nitrogens is 3. The molecule has 106 valence electrons. The minimum absolute atomic E-state index is 0.230. The van der Waals surface area contributed by atoms with Crippen molar-refractivity contribution < 1.29 is 9.13 Å². The summed E-state index contributed by atoms with van der Waals surface area (Å²) in [6.45, 7) is 4.00. The maximum atomic E-state index is 13.2. The Balaban J connectivity index is 2.27. The maximum Gasteiger partial charge on any atom is 0.323 e. The van der Waals surface area contributed by atoms with Crippen molar-refractivity contribution in [3.05, 3.63) is 29.6 Å². The molecule has 0 unspecified atom stereocenters. The van der Waals surface area contributed by atoms with Crippen LogP contribution in [0.25, 0.3) is 0 Å². The molecular weight excluding hydrogens is 261 g/mol. The highest BCUT2D eigenvalue weighted by Crippen LogP contribution is 2.19. The van der Waals surface area contributed by atoms with E-state index >= 15 is 0 Å². The van der Waals surface area contributed by atoms with E-state index in [0.717, 1.165) is 0 Å². The molecule has 0 spiro atoms. The second-order valence-electron chi connectivity index (χ2n) is 4.04. The number of hydrogen-bond donors (Lipinski definition) is 2. The van der Waals surface area contributed by atoms with Crippen LogP contribution in [0.15, 0.2) is 18.2 Å². The molecule has 0 bridgehead atoms. The molecule has 0 radical (unpaired) electrons. The fraction of sp³-hybridized carbons (Fsp3) is 0.308. The lowest BCUT2D eigenvalue weighted by atomic mass is 10.2. The number of halogens is 1. The molecule has 1 aromatic carbocycles. The van der Waals surface area contributed by atoms with Gasteiger partial charge in [0.25, 0.3) is 0 Å². The first-order valence-electron chi connectivity index (χ1n) is 6.22. The summed E-state index contributed by atoms with van der Waals surface area (Å²) < 4.78 is 18.5. The number of aryl methyl sites for hydroxylation is 1. The first kappa shape index (κ1) is 14.0. The Hall–Kier alpha value is -2.44. The average molecular weight is 277 g/mol. The maximum absolute atomic E-state index is 13.2. The van der Waals surface area contributed by atoms with Gasteiger partial charge in [0, 0.05) is 12.7 Å². The van der Waals surface area contributed by atoms with Gasteiger partial charge in [0.15, 0.2) is 0 Å². The third-order valence-electron chi connectivity index (χ3n) is 2.53. The summed E-state index contributed by atoms with van der Waals surface area (Å²) in [7, 11) is 1.71. The van der Waals surface area contributed by atoms with Gasteiger partial charge in [-0.1, -0.05) is 0 Å². The molecule has 0 amide bonds. The SMILES string of the molecule is CCOc1nc(NC)nc(Nc2ccc(F)c(C)c2)n1. The molecule has 20 heavy (non-hydrogen) atoms. The monoisotopic (exact) mass is 277 g/mol. The molecule has 0 aliphatic carbocycles. The Bertz CT molecular complexity index is 605. The highest BCUT2D eigenvalue weighted by molar-refractivity contribution is 5.55. The Morgan fingerprint density at radius 2 is 1.95 bits per heavy atom. The molecule has 0 aliphatic heterocycles. The molecule has 1 heterocycles. The van der Waals surface area contributed by atoms with E-state index in [1.165, 1.54) is 6.07 Å². The highest BCUT2D eigenvalue weighted by atomic mass is 19.1. The zero-order chi connectivity index (χ0) is 14.5. The Morgan fingerprint density at radius 1 is 1.20 bits per heavy atom. The van der Waals surface area contributed by atoms with E-state index in [1.54, 1.807) is 26.1 Å². The van der Waals surface area contributed by atoms with Crippen LogP contribution in [0.4, 0.5) is 22.0 Å². The van der Waals surface area contributed by atoms with Crippen molar-refractivity contribution in [3.63, 3.8) is 0 Å². The van der Waals surface area contributed by atoms with E-state index in [-0.39, 0.29) is 11.8 Å². The van der Waals surface area contributed by atoms with Crippen molar-refractivity contribution in [1.29, 1.82) is 0 Å². The zero-order valence-corrected chi connectivity index (χ0v) is 11.6. The number of nitrogens with one attached hydrogen (secondary N) is 2. The molecular formula is C13H16FN5O. The van der Waals surface area contributed by atoms with Gasteiger partial charge >= 0.3 is 6.01 Å².